The molecule has 4 nitrogen and oxygen atoms in total. The first kappa shape index (κ1) is 15.3. The Morgan fingerprint density at radius 1 is 1.04 bits per heavy atom. The number of nitrogens with one attached hydrogen (secondary N) is 1. The highest BCUT2D eigenvalue weighted by Crippen LogP contribution is 2.15. The number of hydrogen-bond acceptors (Lipinski definition) is 2. The van der Waals surface area contributed by atoms with Crippen molar-refractivity contribution in [2.24, 2.45) is 0 Å². The lowest BCUT2D eigenvalue weighted by Gasteiger charge is -2.35. The van der Waals surface area contributed by atoms with Gasteiger partial charge in [0.05, 0.1) is 0 Å². The van der Waals surface area contributed by atoms with Crippen LogP contribution in [0.2, 0.25) is 0 Å². The molecule has 0 atom stereocenters. The van der Waals surface area contributed by atoms with Gasteiger partial charge in [-0.05, 0) is 24.1 Å². The van der Waals surface area contributed by atoms with E-state index in [1.54, 1.807) is 6.08 Å². The molecule has 0 unspecified atom stereocenters. The maximum absolute atomic E-state index is 12.3. The zero-order chi connectivity index (χ0) is 16.1. The van der Waals surface area contributed by atoms with Gasteiger partial charge in [0.25, 0.3) is 0 Å². The molecule has 23 heavy (non-hydrogen) atoms. The molecule has 0 radical (unpaired) electrons. The Hall–Kier alpha value is -2.62. The second-order valence-electron chi connectivity index (χ2n) is 5.76. The second kappa shape index (κ2) is 7.09. The molecule has 1 aliphatic rings. The van der Waals surface area contributed by atoms with Gasteiger partial charge in [-0.15, -0.1) is 0 Å². The molecule has 1 aliphatic heterocycles. The Morgan fingerprint density at radius 3 is 2.43 bits per heavy atom. The van der Waals surface area contributed by atoms with Crippen molar-refractivity contribution in [3.63, 3.8) is 0 Å². The van der Waals surface area contributed by atoms with Crippen LogP contribution >= 0.6 is 0 Å². The second-order valence-corrected chi connectivity index (χ2v) is 5.76. The third kappa shape index (κ3) is 3.77. The number of rotatable bonds is 3. The van der Waals surface area contributed by atoms with Gasteiger partial charge < -0.3 is 9.80 Å². The summed E-state index contributed by atoms with van der Waals surface area (Å²) in [5.74, 6) is 0.0919. The van der Waals surface area contributed by atoms with E-state index in [1.165, 1.54) is 11.3 Å². The fourth-order valence-electron chi connectivity index (χ4n) is 2.81. The van der Waals surface area contributed by atoms with Crippen molar-refractivity contribution in [1.29, 1.82) is 0 Å². The average Bonchev–Trinajstić information content (AvgIpc) is 2.62. The summed E-state index contributed by atoms with van der Waals surface area (Å²) >= 11 is 0. The van der Waals surface area contributed by atoms with E-state index in [9.17, 15) is 4.79 Å². The number of H-pyrrole nitrogens is 1. The summed E-state index contributed by atoms with van der Waals surface area (Å²) in [4.78, 5) is 19.6. The number of aryl methyl sites for hydroxylation is 1. The summed E-state index contributed by atoms with van der Waals surface area (Å²) < 4.78 is 0. The van der Waals surface area contributed by atoms with Crippen molar-refractivity contribution in [3.05, 3.63) is 66.0 Å². The molecular formula is C19H22N3O+. The lowest BCUT2D eigenvalue weighted by Crippen LogP contribution is -2.48. The summed E-state index contributed by atoms with van der Waals surface area (Å²) in [7, 11) is 0. The molecule has 1 aromatic carbocycles. The topological polar surface area (TPSA) is 37.7 Å². The molecule has 1 fully saturated rings. The number of aromatic nitrogens is 1. The van der Waals surface area contributed by atoms with Gasteiger partial charge >= 0.3 is 0 Å². The van der Waals surface area contributed by atoms with Crippen molar-refractivity contribution in [3.8, 4) is 0 Å². The average molecular weight is 308 g/mol. The normalized spacial score (nSPS) is 15.2. The van der Waals surface area contributed by atoms with Crippen molar-refractivity contribution in [1.82, 2.24) is 4.90 Å². The lowest BCUT2D eigenvalue weighted by atomic mass is 10.1. The standard InChI is InChI=1S/C19H21N3O/c1-16-4-2-3-5-17(16)6-7-19(23)22-14-12-21(13-15-22)18-8-10-20-11-9-18/h2-11H,12-15H2,1H3/p+1/b7-6+. The number of carbonyl (C=O) groups is 1. The van der Waals surface area contributed by atoms with Gasteiger partial charge in [-0.2, -0.15) is 0 Å². The molecule has 1 saturated heterocycles. The summed E-state index contributed by atoms with van der Waals surface area (Å²) in [5.41, 5.74) is 3.48. The highest BCUT2D eigenvalue weighted by Gasteiger charge is 2.19. The number of carbonyl (C=O) groups excluding carboxylic acids is 1. The van der Waals surface area contributed by atoms with Crippen molar-refractivity contribution in [2.75, 3.05) is 31.1 Å². The number of pyridine rings is 1. The molecular weight excluding hydrogens is 286 g/mol. The number of benzene rings is 1. The minimum Gasteiger partial charge on any atom is -0.368 e. The van der Waals surface area contributed by atoms with Crippen LogP contribution in [0.4, 0.5) is 5.69 Å². The van der Waals surface area contributed by atoms with Gasteiger partial charge in [-0.1, -0.05) is 24.3 Å². The minimum absolute atomic E-state index is 0.0919. The number of piperazine rings is 1. The van der Waals surface area contributed by atoms with E-state index >= 15 is 0 Å². The van der Waals surface area contributed by atoms with E-state index < -0.39 is 0 Å². The van der Waals surface area contributed by atoms with E-state index in [0.29, 0.717) is 0 Å². The van der Waals surface area contributed by atoms with Gasteiger partial charge in [0.1, 0.15) is 0 Å². The fraction of sp³-hybridized carbons (Fsp3) is 0.263. The summed E-state index contributed by atoms with van der Waals surface area (Å²) in [5, 5.41) is 0. The number of nitrogens with zero attached hydrogens (tertiary/aromatic N) is 2. The van der Waals surface area contributed by atoms with Crippen LogP contribution in [0.1, 0.15) is 11.1 Å². The van der Waals surface area contributed by atoms with Gasteiger partial charge in [-0.3, -0.25) is 4.79 Å². The van der Waals surface area contributed by atoms with Crippen LogP contribution < -0.4 is 9.88 Å². The molecule has 2 heterocycles. The molecule has 118 valence electrons. The van der Waals surface area contributed by atoms with Crippen molar-refractivity contribution >= 4 is 17.7 Å². The van der Waals surface area contributed by atoms with Crippen LogP contribution in [0.5, 0.6) is 0 Å². The summed E-state index contributed by atoms with van der Waals surface area (Å²) in [6.07, 6.45) is 7.46. The molecule has 0 spiro atoms. The van der Waals surface area contributed by atoms with E-state index in [2.05, 4.69) is 35.0 Å². The predicted molar refractivity (Wildman–Crippen MR) is 92.0 cm³/mol. The Kier molecular flexibility index (Phi) is 4.71. The van der Waals surface area contributed by atoms with E-state index in [4.69, 9.17) is 0 Å². The smallest absolute Gasteiger partial charge is 0.246 e. The molecule has 0 saturated carbocycles. The fourth-order valence-corrected chi connectivity index (χ4v) is 2.81. The SMILES string of the molecule is Cc1ccccc1/C=C/C(=O)N1CCN(c2cc[nH+]cc2)CC1. The molecule has 0 bridgehead atoms. The van der Waals surface area contributed by atoms with E-state index in [0.717, 1.165) is 31.7 Å². The molecule has 0 aliphatic carbocycles. The van der Waals surface area contributed by atoms with Crippen LogP contribution in [0, 0.1) is 6.92 Å². The van der Waals surface area contributed by atoms with E-state index in [-0.39, 0.29) is 5.91 Å². The van der Waals surface area contributed by atoms with Crippen LogP contribution in [-0.4, -0.2) is 37.0 Å². The predicted octanol–water partition coefficient (Wildman–Crippen LogP) is 2.17. The first-order chi connectivity index (χ1) is 11.2. The number of amides is 1. The highest BCUT2D eigenvalue weighted by atomic mass is 16.2. The Bertz CT molecular complexity index is 689. The van der Waals surface area contributed by atoms with Crippen molar-refractivity contribution < 1.29 is 9.78 Å². The summed E-state index contributed by atoms with van der Waals surface area (Å²) in [6.45, 7) is 5.31. The Labute approximate surface area is 137 Å². The van der Waals surface area contributed by atoms with Crippen LogP contribution in [0.25, 0.3) is 6.08 Å². The quantitative estimate of drug-likeness (QED) is 0.815. The third-order valence-corrected chi connectivity index (χ3v) is 4.25. The van der Waals surface area contributed by atoms with Crippen LogP contribution in [0.15, 0.2) is 54.9 Å². The van der Waals surface area contributed by atoms with Crippen LogP contribution in [-0.2, 0) is 4.79 Å². The Morgan fingerprint density at radius 2 is 1.74 bits per heavy atom. The van der Waals surface area contributed by atoms with Gasteiger partial charge in [-0.25, -0.2) is 4.98 Å². The van der Waals surface area contributed by atoms with Gasteiger partial charge in [0, 0.05) is 50.1 Å². The molecule has 4 heteroatoms. The van der Waals surface area contributed by atoms with Crippen molar-refractivity contribution in [2.45, 2.75) is 6.92 Å². The van der Waals surface area contributed by atoms with Gasteiger partial charge in [0.15, 0.2) is 12.4 Å². The Balaban J connectivity index is 1.57. The highest BCUT2D eigenvalue weighted by molar-refractivity contribution is 5.92. The molecule has 3 rings (SSSR count). The van der Waals surface area contributed by atoms with Crippen LogP contribution in [0.3, 0.4) is 0 Å². The third-order valence-electron chi connectivity index (χ3n) is 4.25. The molecule has 1 amide bonds. The zero-order valence-electron chi connectivity index (χ0n) is 13.4. The molecule has 1 aromatic heterocycles. The largest absolute Gasteiger partial charge is 0.368 e. The monoisotopic (exact) mass is 308 g/mol. The first-order valence-corrected chi connectivity index (χ1v) is 7.98. The number of anilines is 1. The zero-order valence-corrected chi connectivity index (χ0v) is 13.4. The lowest BCUT2D eigenvalue weighted by molar-refractivity contribution is -0.377. The van der Waals surface area contributed by atoms with E-state index in [1.807, 2.05) is 41.6 Å². The minimum atomic E-state index is 0.0919. The van der Waals surface area contributed by atoms with Gasteiger partial charge in [0.2, 0.25) is 5.91 Å². The maximum Gasteiger partial charge on any atom is 0.246 e. The maximum atomic E-state index is 12.3. The number of aromatic amines is 1. The molecule has 2 aromatic rings. The molecule has 1 N–H and O–H groups in total. The summed E-state index contributed by atoms with van der Waals surface area (Å²) in [6, 6.07) is 12.2. The first-order valence-electron chi connectivity index (χ1n) is 7.98. The number of hydrogen-bond donors (Lipinski definition) is 0.